The molecule has 1 spiro atoms. The molecule has 1 amide bonds. The second kappa shape index (κ2) is 14.6. The molecule has 0 bridgehead atoms. The number of nitrogen functional groups attached to an aromatic ring is 1. The van der Waals surface area contributed by atoms with Crippen molar-refractivity contribution in [1.82, 2.24) is 19.8 Å². The Balaban J connectivity index is 0.000000477. The van der Waals surface area contributed by atoms with Crippen molar-refractivity contribution in [3.8, 4) is 29.3 Å². The Morgan fingerprint density at radius 2 is 1.78 bits per heavy atom. The van der Waals surface area contributed by atoms with Crippen LogP contribution in [-0.4, -0.2) is 77.6 Å². The van der Waals surface area contributed by atoms with Gasteiger partial charge in [-0.3, -0.25) is 9.69 Å². The van der Waals surface area contributed by atoms with Crippen molar-refractivity contribution < 1.29 is 18.3 Å². The molecule has 1 aliphatic carbocycles. The third-order valence-electron chi connectivity index (χ3n) is 12.8. The fourth-order valence-corrected chi connectivity index (χ4v) is 11.0. The number of hydrogen-bond acceptors (Lipinski definition) is 10. The van der Waals surface area contributed by atoms with Crippen molar-refractivity contribution in [2.75, 3.05) is 56.5 Å². The monoisotopic (exact) mass is 786 g/mol. The Bertz CT molecular complexity index is 2230. The van der Waals surface area contributed by atoms with Crippen molar-refractivity contribution >= 4 is 61.2 Å². The SMILES string of the molecule is CC1(CC#N)CCC1.N#Cc1c(N)sc2c(F)ccc(-c3c(Cl)cc4c(N5CCCCC6(CN(C=O)C6)C5)nc(OCC56CCCN5CCC6)nc4c3F)c12. The van der Waals surface area contributed by atoms with Gasteiger partial charge in [-0.15, -0.1) is 11.3 Å². The number of carbonyl (C=O) groups excluding carboxylic acids is 1. The quantitative estimate of drug-likeness (QED) is 0.183. The molecule has 4 aliphatic heterocycles. The summed E-state index contributed by atoms with van der Waals surface area (Å²) in [5.74, 6) is -0.715. The normalized spacial score (nSPS) is 20.8. The molecule has 288 valence electrons. The fourth-order valence-electron chi connectivity index (χ4n) is 9.72. The second-order valence-corrected chi connectivity index (χ2v) is 18.1. The van der Waals surface area contributed by atoms with Gasteiger partial charge in [-0.05, 0) is 87.6 Å². The number of aromatic nitrogens is 2. The topological polar surface area (TPSA) is 135 Å². The molecule has 0 unspecified atom stereocenters. The highest BCUT2D eigenvalue weighted by Gasteiger charge is 2.46. The van der Waals surface area contributed by atoms with Crippen LogP contribution in [0.15, 0.2) is 18.2 Å². The van der Waals surface area contributed by atoms with Crippen molar-refractivity contribution in [3.63, 3.8) is 0 Å². The minimum absolute atomic E-state index is 0.0124. The molecule has 5 aliphatic rings. The zero-order chi connectivity index (χ0) is 38.5. The van der Waals surface area contributed by atoms with Gasteiger partial charge in [0.15, 0.2) is 5.82 Å². The van der Waals surface area contributed by atoms with E-state index in [1.54, 1.807) is 11.0 Å². The molecular formula is C41H45ClF2N8O2S. The smallest absolute Gasteiger partial charge is 0.319 e. The Morgan fingerprint density at radius 3 is 2.44 bits per heavy atom. The number of hydrogen-bond donors (Lipinski definition) is 1. The lowest BCUT2D eigenvalue weighted by molar-refractivity contribution is -0.129. The molecule has 2 N–H and O–H groups in total. The predicted octanol–water partition coefficient (Wildman–Crippen LogP) is 8.44. The first-order chi connectivity index (χ1) is 26.5. The van der Waals surface area contributed by atoms with E-state index in [4.69, 9.17) is 32.3 Å². The van der Waals surface area contributed by atoms with Crippen LogP contribution in [0.5, 0.6) is 6.01 Å². The molecule has 55 heavy (non-hydrogen) atoms. The summed E-state index contributed by atoms with van der Waals surface area (Å²) >= 11 is 7.86. The van der Waals surface area contributed by atoms with Gasteiger partial charge < -0.3 is 20.3 Å². The van der Waals surface area contributed by atoms with Crippen LogP contribution < -0.4 is 15.4 Å². The number of nitrogens with two attached hydrogens (primary N) is 1. The van der Waals surface area contributed by atoms with E-state index in [1.807, 2.05) is 0 Å². The first kappa shape index (κ1) is 37.6. The number of fused-ring (bicyclic) bond motifs is 3. The van der Waals surface area contributed by atoms with E-state index in [1.165, 1.54) is 31.4 Å². The van der Waals surface area contributed by atoms with Crippen molar-refractivity contribution in [1.29, 1.82) is 10.5 Å². The number of nitrogens with zero attached hydrogens (tertiary/aromatic N) is 7. The first-order valence-corrected chi connectivity index (χ1v) is 20.5. The molecule has 0 atom stereocenters. The van der Waals surface area contributed by atoms with Gasteiger partial charge in [0.25, 0.3) is 0 Å². The number of amides is 1. The van der Waals surface area contributed by atoms with Crippen LogP contribution in [-0.2, 0) is 4.79 Å². The maximum atomic E-state index is 17.1. The first-order valence-electron chi connectivity index (χ1n) is 19.3. The van der Waals surface area contributed by atoms with E-state index in [0.717, 1.165) is 82.2 Å². The van der Waals surface area contributed by atoms with Crippen molar-refractivity contribution in [3.05, 3.63) is 40.4 Å². The summed E-state index contributed by atoms with van der Waals surface area (Å²) in [5.41, 5.74) is 6.77. The Labute approximate surface area is 328 Å². The minimum atomic E-state index is -0.704. The van der Waals surface area contributed by atoms with Gasteiger partial charge in [-0.1, -0.05) is 37.4 Å². The van der Waals surface area contributed by atoms with Gasteiger partial charge in [-0.25, -0.2) is 8.78 Å². The van der Waals surface area contributed by atoms with Crippen LogP contribution in [0.3, 0.4) is 0 Å². The van der Waals surface area contributed by atoms with Crippen LogP contribution >= 0.6 is 22.9 Å². The lowest BCUT2D eigenvalue weighted by Gasteiger charge is -2.50. The summed E-state index contributed by atoms with van der Waals surface area (Å²) in [6, 6.07) is 8.69. The molecule has 9 rings (SSSR count). The average Bonchev–Trinajstić information content (AvgIpc) is 3.78. The molecular weight excluding hydrogens is 742 g/mol. The van der Waals surface area contributed by atoms with Crippen molar-refractivity contribution in [2.45, 2.75) is 83.1 Å². The Hall–Kier alpha value is -4.30. The Morgan fingerprint density at radius 1 is 1.02 bits per heavy atom. The number of ether oxygens (including phenoxy) is 1. The maximum Gasteiger partial charge on any atom is 0.319 e. The van der Waals surface area contributed by atoms with Crippen molar-refractivity contribution in [2.24, 2.45) is 10.8 Å². The van der Waals surface area contributed by atoms with E-state index in [-0.39, 0.29) is 59.3 Å². The average molecular weight is 787 g/mol. The molecule has 4 aromatic rings. The molecule has 10 nitrogen and oxygen atoms in total. The highest BCUT2D eigenvalue weighted by atomic mass is 35.5. The second-order valence-electron chi connectivity index (χ2n) is 16.6. The number of nitriles is 2. The molecule has 2 aromatic heterocycles. The highest BCUT2D eigenvalue weighted by molar-refractivity contribution is 7.23. The number of thiophene rings is 1. The van der Waals surface area contributed by atoms with Gasteiger partial charge in [0.1, 0.15) is 34.8 Å². The van der Waals surface area contributed by atoms with Gasteiger partial charge >= 0.3 is 6.01 Å². The third kappa shape index (κ3) is 6.72. The van der Waals surface area contributed by atoms with E-state index in [2.05, 4.69) is 33.8 Å². The lowest BCUT2D eigenvalue weighted by Crippen LogP contribution is -2.59. The Kier molecular flexibility index (Phi) is 10.0. The summed E-state index contributed by atoms with van der Waals surface area (Å²) in [6.07, 6.45) is 12.7. The number of likely N-dealkylation sites (tertiary alicyclic amines) is 1. The van der Waals surface area contributed by atoms with Crippen LogP contribution in [0, 0.1) is 45.1 Å². The zero-order valence-corrected chi connectivity index (χ0v) is 32.7. The number of benzene rings is 2. The van der Waals surface area contributed by atoms with Crippen LogP contribution in [0.2, 0.25) is 5.02 Å². The van der Waals surface area contributed by atoms with Crippen LogP contribution in [0.25, 0.3) is 32.1 Å². The predicted molar refractivity (Wildman–Crippen MR) is 211 cm³/mol. The molecule has 2 aromatic carbocycles. The lowest BCUT2D eigenvalue weighted by atomic mass is 9.69. The summed E-state index contributed by atoms with van der Waals surface area (Å²) < 4.78 is 38.5. The zero-order valence-electron chi connectivity index (χ0n) is 31.1. The number of halogens is 3. The third-order valence-corrected chi connectivity index (χ3v) is 14.2. The number of carbonyl (C=O) groups is 1. The van der Waals surface area contributed by atoms with Gasteiger partial charge in [0.05, 0.1) is 26.9 Å². The minimum Gasteiger partial charge on any atom is -0.461 e. The number of rotatable bonds is 7. The van der Waals surface area contributed by atoms with E-state index in [0.29, 0.717) is 49.4 Å². The van der Waals surface area contributed by atoms with Crippen LogP contribution in [0.1, 0.15) is 83.1 Å². The molecule has 1 saturated carbocycles. The maximum absolute atomic E-state index is 17.1. The summed E-state index contributed by atoms with van der Waals surface area (Å²) in [4.78, 5) is 27.5. The number of anilines is 2. The van der Waals surface area contributed by atoms with E-state index < -0.39 is 11.6 Å². The molecule has 6 heterocycles. The largest absolute Gasteiger partial charge is 0.461 e. The summed E-state index contributed by atoms with van der Waals surface area (Å²) in [6.45, 7) is 7.38. The molecule has 4 saturated heterocycles. The van der Waals surface area contributed by atoms with Crippen LogP contribution in [0.4, 0.5) is 19.6 Å². The van der Waals surface area contributed by atoms with Gasteiger partial charge in [-0.2, -0.15) is 20.5 Å². The molecule has 0 radical (unpaired) electrons. The van der Waals surface area contributed by atoms with Gasteiger partial charge in [0.2, 0.25) is 6.41 Å². The highest BCUT2D eigenvalue weighted by Crippen LogP contribution is 2.47. The van der Waals surface area contributed by atoms with E-state index in [9.17, 15) is 14.4 Å². The fraction of sp³-hybridized carbons (Fsp3) is 0.537. The molecule has 14 heteroatoms. The summed E-state index contributed by atoms with van der Waals surface area (Å²) in [7, 11) is 0. The molecule has 5 fully saturated rings. The standard InChI is InChI=1S/C34H34ClF2N7O2S.C7H11N/c35-23-13-21-28(27(37)26(23)20-5-6-24(36)29-25(20)22(14-38)30(39)47-29)40-32(46-18-34-8-3-11-44(34)12-4-9-34)41-31(21)43-10-2-1-7-33(17-43)15-42(16-33)19-45;1-7(5-6-8)3-2-4-7/h5-6,13,19H,1-4,7-12,15-18,39H2;2-5H2,1H3. The van der Waals surface area contributed by atoms with E-state index >= 15 is 4.39 Å². The van der Waals surface area contributed by atoms with Gasteiger partial charge in [0, 0.05) is 54.4 Å². The summed E-state index contributed by atoms with van der Waals surface area (Å²) in [5, 5.41) is 19.1.